The lowest BCUT2D eigenvalue weighted by Crippen LogP contribution is -2.51. The van der Waals surface area contributed by atoms with Crippen molar-refractivity contribution in [1.82, 2.24) is 10.6 Å². The van der Waals surface area contributed by atoms with Gasteiger partial charge in [-0.25, -0.2) is 0 Å². The first kappa shape index (κ1) is 16.6. The molecule has 21 heavy (non-hydrogen) atoms. The summed E-state index contributed by atoms with van der Waals surface area (Å²) >= 11 is 0. The van der Waals surface area contributed by atoms with Gasteiger partial charge in [0.1, 0.15) is 0 Å². The molecule has 0 atom stereocenters. The molecule has 2 N–H and O–H groups in total. The van der Waals surface area contributed by atoms with Crippen molar-refractivity contribution in [3.63, 3.8) is 0 Å². The van der Waals surface area contributed by atoms with Crippen LogP contribution in [0.15, 0.2) is 4.99 Å². The topological polar surface area (TPSA) is 54.9 Å². The van der Waals surface area contributed by atoms with E-state index in [2.05, 4.69) is 22.5 Å². The lowest BCUT2D eigenvalue weighted by atomic mass is 9.89. The number of nitrogens with one attached hydrogen (secondary N) is 2. The SMILES string of the molecule is CN=C(NCCCOC1CCCCC1)NCC1(C)COC1. The van der Waals surface area contributed by atoms with Crippen molar-refractivity contribution in [2.24, 2.45) is 10.4 Å². The summed E-state index contributed by atoms with van der Waals surface area (Å²) in [6.45, 7) is 6.57. The summed E-state index contributed by atoms with van der Waals surface area (Å²) < 4.78 is 11.2. The molecule has 0 unspecified atom stereocenters. The van der Waals surface area contributed by atoms with Crippen LogP contribution in [0.1, 0.15) is 45.4 Å². The third-order valence-electron chi connectivity index (χ3n) is 4.33. The van der Waals surface area contributed by atoms with Crippen LogP contribution in [0.3, 0.4) is 0 Å². The van der Waals surface area contributed by atoms with Gasteiger partial charge in [0.25, 0.3) is 0 Å². The number of hydrogen-bond donors (Lipinski definition) is 2. The van der Waals surface area contributed by atoms with Gasteiger partial charge in [-0.2, -0.15) is 0 Å². The van der Waals surface area contributed by atoms with E-state index in [4.69, 9.17) is 9.47 Å². The monoisotopic (exact) mass is 297 g/mol. The van der Waals surface area contributed by atoms with Crippen molar-refractivity contribution < 1.29 is 9.47 Å². The van der Waals surface area contributed by atoms with Crippen LogP contribution in [0.25, 0.3) is 0 Å². The van der Waals surface area contributed by atoms with Gasteiger partial charge in [0.05, 0.1) is 19.3 Å². The highest BCUT2D eigenvalue weighted by Gasteiger charge is 2.33. The largest absolute Gasteiger partial charge is 0.380 e. The number of rotatable bonds is 7. The summed E-state index contributed by atoms with van der Waals surface area (Å²) in [6, 6.07) is 0. The fourth-order valence-corrected chi connectivity index (χ4v) is 2.83. The third-order valence-corrected chi connectivity index (χ3v) is 4.33. The van der Waals surface area contributed by atoms with Crippen LogP contribution in [0.5, 0.6) is 0 Å². The Morgan fingerprint density at radius 1 is 1.24 bits per heavy atom. The van der Waals surface area contributed by atoms with Crippen LogP contribution in [-0.4, -0.2) is 52.0 Å². The molecular weight excluding hydrogens is 266 g/mol. The van der Waals surface area contributed by atoms with Crippen LogP contribution in [0.2, 0.25) is 0 Å². The fourth-order valence-electron chi connectivity index (χ4n) is 2.83. The van der Waals surface area contributed by atoms with Gasteiger partial charge in [0.15, 0.2) is 5.96 Å². The first-order valence-corrected chi connectivity index (χ1v) is 8.36. The lowest BCUT2D eigenvalue weighted by molar-refractivity contribution is -0.0971. The van der Waals surface area contributed by atoms with E-state index in [1.165, 1.54) is 32.1 Å². The molecule has 0 amide bonds. The standard InChI is InChI=1S/C16H31N3O2/c1-16(12-20-13-16)11-19-15(17-2)18-9-6-10-21-14-7-4-3-5-8-14/h14H,3-13H2,1-2H3,(H2,17,18,19). The number of hydrogen-bond acceptors (Lipinski definition) is 3. The molecule has 2 rings (SSSR count). The molecular formula is C16H31N3O2. The first-order chi connectivity index (χ1) is 10.2. The summed E-state index contributed by atoms with van der Waals surface area (Å²) in [7, 11) is 1.81. The first-order valence-electron chi connectivity index (χ1n) is 8.36. The van der Waals surface area contributed by atoms with Gasteiger partial charge < -0.3 is 20.1 Å². The molecule has 2 fully saturated rings. The summed E-state index contributed by atoms with van der Waals surface area (Å²) in [5, 5.41) is 6.72. The maximum atomic E-state index is 5.92. The fraction of sp³-hybridized carbons (Fsp3) is 0.938. The molecule has 1 saturated carbocycles. The third kappa shape index (κ3) is 5.83. The van der Waals surface area contributed by atoms with Crippen LogP contribution < -0.4 is 10.6 Å². The maximum Gasteiger partial charge on any atom is 0.191 e. The van der Waals surface area contributed by atoms with E-state index < -0.39 is 0 Å². The molecule has 2 aliphatic rings. The quantitative estimate of drug-likeness (QED) is 0.428. The molecule has 1 saturated heterocycles. The molecule has 122 valence electrons. The normalized spacial score (nSPS) is 22.7. The summed E-state index contributed by atoms with van der Waals surface area (Å²) in [5.74, 6) is 0.876. The summed E-state index contributed by atoms with van der Waals surface area (Å²) in [4.78, 5) is 4.25. The van der Waals surface area contributed by atoms with Gasteiger partial charge in [-0.05, 0) is 19.3 Å². The molecule has 1 heterocycles. The average molecular weight is 297 g/mol. The number of aliphatic imine (C=N–C) groups is 1. The Kier molecular flexibility index (Phi) is 6.77. The zero-order valence-corrected chi connectivity index (χ0v) is 13.6. The van der Waals surface area contributed by atoms with Gasteiger partial charge in [-0.15, -0.1) is 0 Å². The van der Waals surface area contributed by atoms with Gasteiger partial charge in [0.2, 0.25) is 0 Å². The lowest BCUT2D eigenvalue weighted by Gasteiger charge is -2.38. The van der Waals surface area contributed by atoms with E-state index in [9.17, 15) is 0 Å². The van der Waals surface area contributed by atoms with Crippen molar-refractivity contribution in [3.05, 3.63) is 0 Å². The summed E-state index contributed by atoms with van der Waals surface area (Å²) in [6.07, 6.45) is 8.08. The Hall–Kier alpha value is -0.810. The molecule has 0 spiro atoms. The van der Waals surface area contributed by atoms with E-state index in [0.29, 0.717) is 6.10 Å². The molecule has 0 aromatic rings. The highest BCUT2D eigenvalue weighted by Crippen LogP contribution is 2.24. The van der Waals surface area contributed by atoms with Gasteiger partial charge >= 0.3 is 0 Å². The second-order valence-electron chi connectivity index (χ2n) is 6.64. The molecule has 1 aliphatic heterocycles. The zero-order valence-electron chi connectivity index (χ0n) is 13.6. The van der Waals surface area contributed by atoms with E-state index >= 15 is 0 Å². The Balaban J connectivity index is 1.49. The van der Waals surface area contributed by atoms with E-state index in [0.717, 1.165) is 45.3 Å². The number of ether oxygens (including phenoxy) is 2. The van der Waals surface area contributed by atoms with Gasteiger partial charge in [-0.1, -0.05) is 26.2 Å². The molecule has 0 bridgehead atoms. The minimum Gasteiger partial charge on any atom is -0.380 e. The maximum absolute atomic E-state index is 5.92. The van der Waals surface area contributed by atoms with Gasteiger partial charge in [-0.3, -0.25) is 4.99 Å². The molecule has 5 nitrogen and oxygen atoms in total. The Labute approximate surface area is 128 Å². The Morgan fingerprint density at radius 3 is 2.62 bits per heavy atom. The van der Waals surface area contributed by atoms with Crippen LogP contribution in [0.4, 0.5) is 0 Å². The average Bonchev–Trinajstić information content (AvgIpc) is 2.49. The second kappa shape index (κ2) is 8.59. The molecule has 5 heteroatoms. The van der Waals surface area contributed by atoms with E-state index in [1.807, 2.05) is 7.05 Å². The van der Waals surface area contributed by atoms with Crippen LogP contribution in [0, 0.1) is 5.41 Å². The van der Waals surface area contributed by atoms with Crippen LogP contribution in [-0.2, 0) is 9.47 Å². The molecule has 1 aliphatic carbocycles. The van der Waals surface area contributed by atoms with Crippen molar-refractivity contribution in [1.29, 1.82) is 0 Å². The number of nitrogens with zero attached hydrogens (tertiary/aromatic N) is 1. The second-order valence-corrected chi connectivity index (χ2v) is 6.64. The predicted octanol–water partition coefficient (Wildman–Crippen LogP) is 1.93. The highest BCUT2D eigenvalue weighted by molar-refractivity contribution is 5.79. The van der Waals surface area contributed by atoms with Crippen molar-refractivity contribution >= 4 is 5.96 Å². The Morgan fingerprint density at radius 2 is 2.00 bits per heavy atom. The van der Waals surface area contributed by atoms with Crippen molar-refractivity contribution in [3.8, 4) is 0 Å². The van der Waals surface area contributed by atoms with E-state index in [-0.39, 0.29) is 5.41 Å². The van der Waals surface area contributed by atoms with Gasteiger partial charge in [0, 0.05) is 32.2 Å². The minimum atomic E-state index is 0.266. The highest BCUT2D eigenvalue weighted by atomic mass is 16.5. The summed E-state index contributed by atoms with van der Waals surface area (Å²) in [5.41, 5.74) is 0.266. The molecule has 0 radical (unpaired) electrons. The van der Waals surface area contributed by atoms with Crippen LogP contribution >= 0.6 is 0 Å². The number of guanidine groups is 1. The zero-order chi connectivity index (χ0) is 15.0. The molecule has 0 aromatic carbocycles. The Bertz CT molecular complexity index is 323. The minimum absolute atomic E-state index is 0.266. The molecule has 0 aromatic heterocycles. The van der Waals surface area contributed by atoms with Crippen molar-refractivity contribution in [2.45, 2.75) is 51.6 Å². The predicted molar refractivity (Wildman–Crippen MR) is 85.7 cm³/mol. The smallest absolute Gasteiger partial charge is 0.191 e. The van der Waals surface area contributed by atoms with E-state index in [1.54, 1.807) is 0 Å². The van der Waals surface area contributed by atoms with Crippen molar-refractivity contribution in [2.75, 3.05) is 40.0 Å².